The van der Waals surface area contributed by atoms with E-state index in [1.54, 1.807) is 0 Å². The summed E-state index contributed by atoms with van der Waals surface area (Å²) < 4.78 is 5.61. The Bertz CT molecular complexity index is 385. The third-order valence-electron chi connectivity index (χ3n) is 2.66. The number of aryl methyl sites for hydroxylation is 1. The first-order valence-electron chi connectivity index (χ1n) is 6.31. The monoisotopic (exact) mass is 286 g/mol. The molecular weight excluding hydrogens is 264 g/mol. The smallest absolute Gasteiger partial charge is 0.220 e. The van der Waals surface area contributed by atoms with Crippen molar-refractivity contribution in [1.82, 2.24) is 5.32 Å². The number of nitrogens with two attached hydrogens (primary N) is 1. The number of para-hydroxylation sites is 1. The van der Waals surface area contributed by atoms with Crippen molar-refractivity contribution in [2.75, 3.05) is 13.2 Å². The lowest BCUT2D eigenvalue weighted by atomic mass is 10.2. The third-order valence-corrected chi connectivity index (χ3v) is 2.66. The van der Waals surface area contributed by atoms with Crippen molar-refractivity contribution in [2.45, 2.75) is 32.7 Å². The van der Waals surface area contributed by atoms with Crippen LogP contribution in [0.15, 0.2) is 24.3 Å². The van der Waals surface area contributed by atoms with E-state index >= 15 is 0 Å². The van der Waals surface area contributed by atoms with E-state index in [2.05, 4.69) is 5.32 Å². The van der Waals surface area contributed by atoms with Gasteiger partial charge in [-0.2, -0.15) is 0 Å². The number of benzene rings is 1. The van der Waals surface area contributed by atoms with Crippen LogP contribution in [0.5, 0.6) is 5.75 Å². The third kappa shape index (κ3) is 7.03. The maximum atomic E-state index is 11.5. The van der Waals surface area contributed by atoms with Gasteiger partial charge in [-0.05, 0) is 31.9 Å². The minimum Gasteiger partial charge on any atom is -0.493 e. The average Bonchev–Trinajstić information content (AvgIpc) is 2.36. The van der Waals surface area contributed by atoms with E-state index in [0.29, 0.717) is 26.0 Å². The Labute approximate surface area is 121 Å². The Morgan fingerprint density at radius 2 is 2.11 bits per heavy atom. The van der Waals surface area contributed by atoms with E-state index < -0.39 is 0 Å². The van der Waals surface area contributed by atoms with Crippen molar-refractivity contribution in [3.8, 4) is 5.75 Å². The normalized spacial score (nSPS) is 11.3. The van der Waals surface area contributed by atoms with E-state index in [9.17, 15) is 4.79 Å². The highest BCUT2D eigenvalue weighted by atomic mass is 35.5. The number of carbonyl (C=O) groups is 1. The molecule has 0 radical (unpaired) electrons. The van der Waals surface area contributed by atoms with Crippen LogP contribution in [0.1, 0.15) is 25.3 Å². The first-order valence-corrected chi connectivity index (χ1v) is 6.31. The number of hydrogen-bond acceptors (Lipinski definition) is 3. The summed E-state index contributed by atoms with van der Waals surface area (Å²) in [4.78, 5) is 11.5. The summed E-state index contributed by atoms with van der Waals surface area (Å²) in [5.74, 6) is 0.912. The van der Waals surface area contributed by atoms with Gasteiger partial charge in [0.15, 0.2) is 0 Å². The van der Waals surface area contributed by atoms with Crippen molar-refractivity contribution >= 4 is 18.3 Å². The molecule has 1 aromatic rings. The Morgan fingerprint density at radius 3 is 2.74 bits per heavy atom. The van der Waals surface area contributed by atoms with E-state index in [1.807, 2.05) is 38.1 Å². The van der Waals surface area contributed by atoms with Crippen LogP contribution in [0.2, 0.25) is 0 Å². The quantitative estimate of drug-likeness (QED) is 0.754. The molecule has 1 aromatic carbocycles. The predicted molar refractivity (Wildman–Crippen MR) is 79.8 cm³/mol. The summed E-state index contributed by atoms with van der Waals surface area (Å²) in [5, 5.41) is 2.82. The van der Waals surface area contributed by atoms with E-state index in [1.165, 1.54) is 0 Å². The summed E-state index contributed by atoms with van der Waals surface area (Å²) in [6, 6.07) is 7.90. The van der Waals surface area contributed by atoms with E-state index in [-0.39, 0.29) is 24.4 Å². The molecular formula is C14H23ClN2O2. The van der Waals surface area contributed by atoms with Gasteiger partial charge in [0, 0.05) is 19.0 Å². The van der Waals surface area contributed by atoms with Crippen molar-refractivity contribution < 1.29 is 9.53 Å². The number of rotatable bonds is 7. The maximum absolute atomic E-state index is 11.5. The summed E-state index contributed by atoms with van der Waals surface area (Å²) in [6.45, 7) is 4.91. The fourth-order valence-electron chi connectivity index (χ4n) is 1.54. The van der Waals surface area contributed by atoms with Gasteiger partial charge in [-0.3, -0.25) is 4.79 Å². The lowest BCUT2D eigenvalue weighted by Crippen LogP contribution is -2.37. The van der Waals surface area contributed by atoms with Gasteiger partial charge in [-0.25, -0.2) is 0 Å². The Hall–Kier alpha value is -1.26. The lowest BCUT2D eigenvalue weighted by Gasteiger charge is -2.11. The van der Waals surface area contributed by atoms with Crippen LogP contribution >= 0.6 is 12.4 Å². The molecule has 0 aliphatic carbocycles. The van der Waals surface area contributed by atoms with E-state index in [4.69, 9.17) is 10.5 Å². The van der Waals surface area contributed by atoms with Crippen molar-refractivity contribution in [2.24, 2.45) is 5.73 Å². The molecule has 0 unspecified atom stereocenters. The molecule has 1 amide bonds. The molecule has 0 fully saturated rings. The van der Waals surface area contributed by atoms with Gasteiger partial charge >= 0.3 is 0 Å². The summed E-state index contributed by atoms with van der Waals surface area (Å²) in [6.07, 6.45) is 1.17. The van der Waals surface area contributed by atoms with Gasteiger partial charge in [0.25, 0.3) is 0 Å². The molecule has 5 heteroatoms. The molecule has 0 saturated carbocycles. The largest absolute Gasteiger partial charge is 0.493 e. The molecule has 1 atom stereocenters. The minimum atomic E-state index is 0. The molecule has 0 saturated heterocycles. The molecule has 0 aromatic heterocycles. The number of nitrogens with one attached hydrogen (secondary N) is 1. The second-order valence-electron chi connectivity index (χ2n) is 4.42. The van der Waals surface area contributed by atoms with Crippen LogP contribution in [0, 0.1) is 6.92 Å². The number of carbonyl (C=O) groups excluding carboxylic acids is 1. The fraction of sp³-hybridized carbons (Fsp3) is 0.500. The SMILES string of the molecule is Cc1ccccc1OCCCC(=O)N[C@@H](C)CN.Cl. The topological polar surface area (TPSA) is 64.3 Å². The van der Waals surface area contributed by atoms with Gasteiger partial charge < -0.3 is 15.8 Å². The second kappa shape index (κ2) is 9.64. The predicted octanol–water partition coefficient (Wildman–Crippen LogP) is 2.04. The molecule has 1 rings (SSSR count). The van der Waals surface area contributed by atoms with E-state index in [0.717, 1.165) is 11.3 Å². The Kier molecular flexibility index (Phi) is 9.00. The van der Waals surface area contributed by atoms with Gasteiger partial charge in [0.1, 0.15) is 5.75 Å². The van der Waals surface area contributed by atoms with Crippen LogP contribution in [0.4, 0.5) is 0 Å². The van der Waals surface area contributed by atoms with Crippen LogP contribution in [-0.4, -0.2) is 25.1 Å². The molecule has 19 heavy (non-hydrogen) atoms. The van der Waals surface area contributed by atoms with Crippen LogP contribution in [0.25, 0.3) is 0 Å². The van der Waals surface area contributed by atoms with Crippen LogP contribution in [-0.2, 0) is 4.79 Å². The fourth-order valence-corrected chi connectivity index (χ4v) is 1.54. The zero-order chi connectivity index (χ0) is 13.4. The molecule has 3 N–H and O–H groups in total. The van der Waals surface area contributed by atoms with Crippen molar-refractivity contribution in [3.05, 3.63) is 29.8 Å². The maximum Gasteiger partial charge on any atom is 0.220 e. The summed E-state index contributed by atoms with van der Waals surface area (Å²) >= 11 is 0. The molecule has 4 nitrogen and oxygen atoms in total. The van der Waals surface area contributed by atoms with Gasteiger partial charge in [-0.1, -0.05) is 18.2 Å². The van der Waals surface area contributed by atoms with Crippen molar-refractivity contribution in [3.63, 3.8) is 0 Å². The van der Waals surface area contributed by atoms with Gasteiger partial charge in [-0.15, -0.1) is 12.4 Å². The summed E-state index contributed by atoms with van der Waals surface area (Å²) in [7, 11) is 0. The van der Waals surface area contributed by atoms with Gasteiger partial charge in [0.05, 0.1) is 6.61 Å². The number of hydrogen-bond donors (Lipinski definition) is 2. The highest BCUT2D eigenvalue weighted by Crippen LogP contribution is 2.16. The average molecular weight is 287 g/mol. The van der Waals surface area contributed by atoms with Crippen LogP contribution in [0.3, 0.4) is 0 Å². The number of ether oxygens (including phenoxy) is 1. The zero-order valence-electron chi connectivity index (χ0n) is 11.5. The first kappa shape index (κ1) is 17.7. The first-order chi connectivity index (χ1) is 8.63. The van der Waals surface area contributed by atoms with Crippen LogP contribution < -0.4 is 15.8 Å². The molecule has 108 valence electrons. The highest BCUT2D eigenvalue weighted by molar-refractivity contribution is 5.85. The number of amides is 1. The molecule has 0 spiro atoms. The Morgan fingerprint density at radius 1 is 1.42 bits per heavy atom. The second-order valence-corrected chi connectivity index (χ2v) is 4.42. The Balaban J connectivity index is 0.00000324. The summed E-state index contributed by atoms with van der Waals surface area (Å²) in [5.41, 5.74) is 6.54. The molecule has 0 heterocycles. The zero-order valence-corrected chi connectivity index (χ0v) is 12.3. The van der Waals surface area contributed by atoms with Crippen molar-refractivity contribution in [1.29, 1.82) is 0 Å². The standard InChI is InChI=1S/C14H22N2O2.ClH/c1-11-6-3-4-7-13(11)18-9-5-8-14(17)16-12(2)10-15;/h3-4,6-7,12H,5,8-10,15H2,1-2H3,(H,16,17);1H/t12-;/m0./s1. The lowest BCUT2D eigenvalue weighted by molar-refractivity contribution is -0.121. The highest BCUT2D eigenvalue weighted by Gasteiger charge is 2.05. The molecule has 0 bridgehead atoms. The molecule has 0 aliphatic heterocycles. The molecule has 0 aliphatic rings. The number of halogens is 1. The van der Waals surface area contributed by atoms with Gasteiger partial charge in [0.2, 0.25) is 5.91 Å². The minimum absolute atomic E-state index is 0.